The molecule has 0 aliphatic heterocycles. The summed E-state index contributed by atoms with van der Waals surface area (Å²) in [7, 11) is 0. The molecule has 0 N–H and O–H groups in total. The van der Waals surface area contributed by atoms with E-state index < -0.39 is 0 Å². The smallest absolute Gasteiger partial charge is 0.110 e. The fraction of sp³-hybridized carbons (Fsp3) is 0.100. The number of fused-ring (bicyclic) bond motifs is 1. The Bertz CT molecular complexity index is 525. The quantitative estimate of drug-likeness (QED) is 0.698. The highest BCUT2D eigenvalue weighted by Crippen LogP contribution is 2.35. The molecule has 0 radical (unpaired) electrons. The third-order valence-electron chi connectivity index (χ3n) is 1.88. The van der Waals surface area contributed by atoms with Crippen LogP contribution in [0.3, 0.4) is 0 Å². The van der Waals surface area contributed by atoms with Crippen molar-refractivity contribution in [2.24, 2.45) is 0 Å². The molecular weight excluding hydrogens is 234 g/mol. The number of thiophene rings is 1. The maximum atomic E-state index is 8.79. The molecule has 1 aromatic heterocycles. The molecule has 0 atom stereocenters. The molecule has 1 nitrogen and oxygen atoms in total. The molecule has 2 aromatic rings. The Morgan fingerprint density at radius 1 is 1.43 bits per heavy atom. The third kappa shape index (κ3) is 1.61. The summed E-state index contributed by atoms with van der Waals surface area (Å²) in [5.41, 5.74) is 0. The molecule has 0 bridgehead atoms. The molecule has 0 amide bonds. The van der Waals surface area contributed by atoms with E-state index in [9.17, 15) is 0 Å². The van der Waals surface area contributed by atoms with Gasteiger partial charge in [0.1, 0.15) is 10.9 Å². The minimum atomic E-state index is 0.726. The molecule has 70 valence electrons. The summed E-state index contributed by atoms with van der Waals surface area (Å²) in [6.45, 7) is 0. The number of halogens is 1. The van der Waals surface area contributed by atoms with Gasteiger partial charge in [0.25, 0.3) is 0 Å². The molecule has 1 aromatic carbocycles. The number of nitrogens with zero attached hydrogens (tertiary/aromatic N) is 1. The lowest BCUT2D eigenvalue weighted by Gasteiger charge is -1.98. The Morgan fingerprint density at radius 2 is 2.21 bits per heavy atom. The van der Waals surface area contributed by atoms with E-state index in [1.807, 2.05) is 24.5 Å². The monoisotopic (exact) mass is 239 g/mol. The molecular formula is C10H6ClNS2. The van der Waals surface area contributed by atoms with Gasteiger partial charge in [-0.2, -0.15) is 5.26 Å². The minimum absolute atomic E-state index is 0.726. The van der Waals surface area contributed by atoms with Crippen LogP contribution in [0.1, 0.15) is 4.88 Å². The standard InChI is InChI=1S/C10H6ClNS2/c1-13-9-4-7(11)2-6-3-8(5-12)14-10(6)9/h2-4H,1H3. The van der Waals surface area contributed by atoms with E-state index in [1.165, 1.54) is 11.3 Å². The van der Waals surface area contributed by atoms with Crippen LogP contribution in [0.2, 0.25) is 5.02 Å². The molecule has 1 heterocycles. The van der Waals surface area contributed by atoms with Crippen LogP contribution in [-0.2, 0) is 0 Å². The first-order valence-electron chi connectivity index (χ1n) is 3.92. The zero-order chi connectivity index (χ0) is 10.1. The van der Waals surface area contributed by atoms with Crippen LogP contribution in [0.5, 0.6) is 0 Å². The number of benzene rings is 1. The van der Waals surface area contributed by atoms with E-state index in [0.29, 0.717) is 0 Å². The van der Waals surface area contributed by atoms with Crippen LogP contribution in [0.25, 0.3) is 10.1 Å². The van der Waals surface area contributed by atoms with Crippen LogP contribution < -0.4 is 0 Å². The Hall–Kier alpha value is -0.690. The van der Waals surface area contributed by atoms with Gasteiger partial charge in [0.2, 0.25) is 0 Å². The number of thioether (sulfide) groups is 1. The molecule has 2 rings (SSSR count). The maximum absolute atomic E-state index is 8.79. The van der Waals surface area contributed by atoms with Crippen LogP contribution >= 0.6 is 34.7 Å². The summed E-state index contributed by atoms with van der Waals surface area (Å²) in [4.78, 5) is 1.87. The highest BCUT2D eigenvalue weighted by molar-refractivity contribution is 7.99. The zero-order valence-electron chi connectivity index (χ0n) is 7.37. The molecule has 0 spiro atoms. The van der Waals surface area contributed by atoms with Crippen LogP contribution in [-0.4, -0.2) is 6.26 Å². The number of hydrogen-bond acceptors (Lipinski definition) is 3. The number of rotatable bonds is 1. The van der Waals surface area contributed by atoms with Crippen molar-refractivity contribution in [3.05, 3.63) is 28.1 Å². The van der Waals surface area contributed by atoms with E-state index in [4.69, 9.17) is 16.9 Å². The molecule has 0 fully saturated rings. The predicted octanol–water partition coefficient (Wildman–Crippen LogP) is 4.15. The van der Waals surface area contributed by atoms with Crippen molar-refractivity contribution < 1.29 is 0 Å². The van der Waals surface area contributed by atoms with Crippen molar-refractivity contribution in [2.45, 2.75) is 4.90 Å². The van der Waals surface area contributed by atoms with Gasteiger partial charge in [-0.3, -0.25) is 0 Å². The Labute approximate surface area is 95.3 Å². The van der Waals surface area contributed by atoms with Gasteiger partial charge >= 0.3 is 0 Å². The second kappa shape index (κ2) is 3.82. The topological polar surface area (TPSA) is 23.8 Å². The van der Waals surface area contributed by atoms with Crippen molar-refractivity contribution in [3.8, 4) is 6.07 Å². The third-order valence-corrected chi connectivity index (χ3v) is 4.08. The molecule has 0 unspecified atom stereocenters. The SMILES string of the molecule is CSc1cc(Cl)cc2cc(C#N)sc12. The van der Waals surface area contributed by atoms with Gasteiger partial charge in [0.15, 0.2) is 0 Å². The van der Waals surface area contributed by atoms with E-state index in [1.54, 1.807) is 11.8 Å². The van der Waals surface area contributed by atoms with Crippen molar-refractivity contribution in [3.63, 3.8) is 0 Å². The van der Waals surface area contributed by atoms with Crippen LogP contribution in [0.15, 0.2) is 23.1 Å². The summed E-state index contributed by atoms with van der Waals surface area (Å²) in [5, 5.41) is 10.6. The highest BCUT2D eigenvalue weighted by atomic mass is 35.5. The summed E-state index contributed by atoms with van der Waals surface area (Å²) in [6, 6.07) is 7.87. The van der Waals surface area contributed by atoms with Crippen molar-refractivity contribution in [2.75, 3.05) is 6.26 Å². The lowest BCUT2D eigenvalue weighted by molar-refractivity contribution is 1.52. The second-order valence-corrected chi connectivity index (χ2v) is 5.09. The number of nitriles is 1. The largest absolute Gasteiger partial charge is 0.192 e. The van der Waals surface area contributed by atoms with Gasteiger partial charge in [-0.05, 0) is 29.8 Å². The van der Waals surface area contributed by atoms with Gasteiger partial charge in [0.05, 0.1) is 0 Å². The molecule has 4 heteroatoms. The fourth-order valence-electron chi connectivity index (χ4n) is 1.29. The Morgan fingerprint density at radius 3 is 2.86 bits per heavy atom. The molecule has 0 aliphatic rings. The first-order chi connectivity index (χ1) is 6.74. The first-order valence-corrected chi connectivity index (χ1v) is 6.33. The predicted molar refractivity (Wildman–Crippen MR) is 63.3 cm³/mol. The first kappa shape index (κ1) is 9.85. The second-order valence-electron chi connectivity index (χ2n) is 2.75. The van der Waals surface area contributed by atoms with E-state index >= 15 is 0 Å². The summed E-state index contributed by atoms with van der Waals surface area (Å²) in [6.07, 6.45) is 2.01. The fourth-order valence-corrected chi connectivity index (χ4v) is 3.35. The van der Waals surface area contributed by atoms with Crippen molar-refractivity contribution >= 4 is 44.8 Å². The Kier molecular flexibility index (Phi) is 2.69. The zero-order valence-corrected chi connectivity index (χ0v) is 9.76. The van der Waals surface area contributed by atoms with E-state index in [-0.39, 0.29) is 0 Å². The molecule has 0 aliphatic carbocycles. The summed E-state index contributed by atoms with van der Waals surface area (Å²) >= 11 is 9.13. The van der Waals surface area contributed by atoms with Gasteiger partial charge in [0, 0.05) is 14.6 Å². The van der Waals surface area contributed by atoms with Crippen molar-refractivity contribution in [1.29, 1.82) is 5.26 Å². The van der Waals surface area contributed by atoms with Crippen LogP contribution in [0.4, 0.5) is 0 Å². The average Bonchev–Trinajstić information content (AvgIpc) is 2.59. The molecule has 0 saturated heterocycles. The van der Waals surface area contributed by atoms with Gasteiger partial charge < -0.3 is 0 Å². The van der Waals surface area contributed by atoms with Gasteiger partial charge in [-0.25, -0.2) is 0 Å². The normalized spacial score (nSPS) is 10.4. The lowest BCUT2D eigenvalue weighted by atomic mass is 10.2. The van der Waals surface area contributed by atoms with E-state index in [0.717, 1.165) is 24.9 Å². The van der Waals surface area contributed by atoms with Crippen molar-refractivity contribution in [1.82, 2.24) is 0 Å². The lowest BCUT2D eigenvalue weighted by Crippen LogP contribution is -1.71. The summed E-state index contributed by atoms with van der Waals surface area (Å²) < 4.78 is 1.15. The minimum Gasteiger partial charge on any atom is -0.192 e. The number of hydrogen-bond donors (Lipinski definition) is 0. The van der Waals surface area contributed by atoms with Crippen LogP contribution in [0, 0.1) is 11.3 Å². The van der Waals surface area contributed by atoms with Gasteiger partial charge in [-0.1, -0.05) is 11.6 Å². The maximum Gasteiger partial charge on any atom is 0.110 e. The molecule has 0 saturated carbocycles. The highest BCUT2D eigenvalue weighted by Gasteiger charge is 2.07. The molecule has 14 heavy (non-hydrogen) atoms. The summed E-state index contributed by atoms with van der Waals surface area (Å²) in [5.74, 6) is 0. The average molecular weight is 240 g/mol. The van der Waals surface area contributed by atoms with E-state index in [2.05, 4.69) is 6.07 Å². The van der Waals surface area contributed by atoms with Gasteiger partial charge in [-0.15, -0.1) is 23.1 Å². The Balaban J connectivity index is 2.79.